The second-order valence-electron chi connectivity index (χ2n) is 6.65. The van der Waals surface area contributed by atoms with Gasteiger partial charge < -0.3 is 15.2 Å². The van der Waals surface area contributed by atoms with E-state index >= 15 is 0 Å². The number of benzene rings is 2. The van der Waals surface area contributed by atoms with Crippen molar-refractivity contribution in [1.82, 2.24) is 14.8 Å². The Morgan fingerprint density at radius 1 is 1.28 bits per heavy atom. The molecule has 2 aromatic carbocycles. The number of anilines is 1. The van der Waals surface area contributed by atoms with Gasteiger partial charge in [0.25, 0.3) is 0 Å². The predicted octanol–water partition coefficient (Wildman–Crippen LogP) is 4.69. The molecule has 0 aliphatic rings. The maximum Gasteiger partial charge on any atom is 0.335 e. The summed E-state index contributed by atoms with van der Waals surface area (Å²) >= 11 is 7.38. The summed E-state index contributed by atoms with van der Waals surface area (Å²) in [4.78, 5) is 23.4. The first-order valence-corrected chi connectivity index (χ1v) is 11.0. The van der Waals surface area contributed by atoms with Crippen molar-refractivity contribution in [1.29, 1.82) is 0 Å². The lowest BCUT2D eigenvalue weighted by molar-refractivity contribution is -0.113. The number of nitrogens with zero attached hydrogens (tertiary/aromatic N) is 3. The molecule has 0 saturated carbocycles. The largest absolute Gasteiger partial charge is 0.481 e. The van der Waals surface area contributed by atoms with Crippen LogP contribution in [-0.2, 0) is 11.3 Å². The van der Waals surface area contributed by atoms with Crippen LogP contribution in [-0.4, -0.2) is 37.5 Å². The lowest BCUT2D eigenvalue weighted by Crippen LogP contribution is -2.16. The van der Waals surface area contributed by atoms with Crippen LogP contribution in [0.15, 0.2) is 66.3 Å². The first-order chi connectivity index (χ1) is 15.4. The maximum atomic E-state index is 12.4. The molecule has 3 aromatic rings. The number of nitrogens with one attached hydrogen (secondary N) is 1. The van der Waals surface area contributed by atoms with Crippen molar-refractivity contribution < 1.29 is 19.4 Å². The average molecular weight is 473 g/mol. The fraction of sp³-hybridized carbons (Fsp3) is 0.182. The van der Waals surface area contributed by atoms with E-state index in [2.05, 4.69) is 22.1 Å². The Balaban J connectivity index is 1.68. The van der Waals surface area contributed by atoms with E-state index in [0.717, 1.165) is 0 Å². The second kappa shape index (κ2) is 10.8. The van der Waals surface area contributed by atoms with Crippen LogP contribution < -0.4 is 10.1 Å². The third kappa shape index (κ3) is 5.89. The quantitative estimate of drug-likeness (QED) is 0.325. The van der Waals surface area contributed by atoms with E-state index in [4.69, 9.17) is 21.4 Å². The molecule has 0 bridgehead atoms. The molecule has 0 aliphatic heterocycles. The lowest BCUT2D eigenvalue weighted by atomic mass is 10.2. The summed E-state index contributed by atoms with van der Waals surface area (Å²) < 4.78 is 7.76. The number of ether oxygens (including phenoxy) is 1. The van der Waals surface area contributed by atoms with Crippen molar-refractivity contribution in [2.24, 2.45) is 0 Å². The highest BCUT2D eigenvalue weighted by atomic mass is 35.5. The fourth-order valence-electron chi connectivity index (χ4n) is 2.85. The molecule has 10 heteroatoms. The molecule has 1 heterocycles. The summed E-state index contributed by atoms with van der Waals surface area (Å²) in [5.74, 6) is -0.193. The maximum absolute atomic E-state index is 12.4. The van der Waals surface area contributed by atoms with E-state index in [-0.39, 0.29) is 17.2 Å². The number of thioether (sulfide) groups is 1. The molecule has 0 spiro atoms. The normalized spacial score (nSPS) is 11.6. The highest BCUT2D eigenvalue weighted by Gasteiger charge is 2.20. The summed E-state index contributed by atoms with van der Waals surface area (Å²) in [6.07, 6.45) is 1.26. The van der Waals surface area contributed by atoms with Crippen LogP contribution in [0.2, 0.25) is 5.02 Å². The van der Waals surface area contributed by atoms with Gasteiger partial charge in [-0.1, -0.05) is 47.6 Å². The molecule has 2 N–H and O–H groups in total. The van der Waals surface area contributed by atoms with Crippen molar-refractivity contribution in [3.63, 3.8) is 0 Å². The van der Waals surface area contributed by atoms with Crippen molar-refractivity contribution in [2.45, 2.75) is 24.7 Å². The zero-order valence-electron chi connectivity index (χ0n) is 17.2. The number of carbonyl (C=O) groups excluding carboxylic acids is 1. The molecule has 166 valence electrons. The lowest BCUT2D eigenvalue weighted by Gasteiger charge is -2.16. The van der Waals surface area contributed by atoms with Gasteiger partial charge in [-0.2, -0.15) is 0 Å². The number of carboxylic acid groups (broad SMARTS) is 1. The van der Waals surface area contributed by atoms with Gasteiger partial charge in [-0.3, -0.25) is 9.36 Å². The van der Waals surface area contributed by atoms with Gasteiger partial charge in [-0.15, -0.1) is 16.8 Å². The van der Waals surface area contributed by atoms with E-state index in [1.165, 1.54) is 23.9 Å². The van der Waals surface area contributed by atoms with E-state index in [1.54, 1.807) is 30.3 Å². The Bertz CT molecular complexity index is 1130. The van der Waals surface area contributed by atoms with Crippen LogP contribution in [0.25, 0.3) is 0 Å². The number of aromatic nitrogens is 3. The minimum Gasteiger partial charge on any atom is -0.481 e. The molecule has 8 nitrogen and oxygen atoms in total. The number of amides is 1. The minimum atomic E-state index is -1.06. The van der Waals surface area contributed by atoms with Crippen molar-refractivity contribution >= 4 is 40.9 Å². The molecule has 0 fully saturated rings. The fourth-order valence-corrected chi connectivity index (χ4v) is 3.78. The van der Waals surface area contributed by atoms with E-state index in [1.807, 2.05) is 23.6 Å². The van der Waals surface area contributed by atoms with Crippen molar-refractivity contribution in [2.75, 3.05) is 11.1 Å². The molecule has 1 aromatic heterocycles. The van der Waals surface area contributed by atoms with Crippen LogP contribution in [0.4, 0.5) is 5.69 Å². The molecule has 0 radical (unpaired) electrons. The van der Waals surface area contributed by atoms with Crippen molar-refractivity contribution in [3.8, 4) is 5.75 Å². The third-order valence-corrected chi connectivity index (χ3v) is 5.57. The first kappa shape index (κ1) is 23.4. The SMILES string of the molecule is C=CCn1c(SCC(=O)Nc2cccc(C(=O)O)c2)nnc1C(C)Oc1ccccc1Cl. The topological polar surface area (TPSA) is 106 Å². The Hall–Kier alpha value is -3.30. The second-order valence-corrected chi connectivity index (χ2v) is 8.00. The Kier molecular flexibility index (Phi) is 7.91. The summed E-state index contributed by atoms with van der Waals surface area (Å²) in [5.41, 5.74) is 0.504. The zero-order chi connectivity index (χ0) is 23.1. The monoisotopic (exact) mass is 472 g/mol. The standard InChI is InChI=1S/C22H21ClN4O4S/c1-3-11-27-20(14(2)31-18-10-5-4-9-17(18)23)25-26-22(27)32-13-19(28)24-16-8-6-7-15(12-16)21(29)30/h3-10,12,14H,1,11,13H2,2H3,(H,24,28)(H,29,30). The number of para-hydroxylation sites is 1. The summed E-state index contributed by atoms with van der Waals surface area (Å²) in [7, 11) is 0. The Labute approximate surface area is 194 Å². The van der Waals surface area contributed by atoms with Gasteiger partial charge in [0.15, 0.2) is 17.1 Å². The zero-order valence-corrected chi connectivity index (χ0v) is 18.8. The van der Waals surface area contributed by atoms with Gasteiger partial charge in [-0.05, 0) is 37.3 Å². The van der Waals surface area contributed by atoms with Gasteiger partial charge in [0.1, 0.15) is 5.75 Å². The van der Waals surface area contributed by atoms with Gasteiger partial charge in [0, 0.05) is 12.2 Å². The third-order valence-electron chi connectivity index (χ3n) is 4.29. The molecule has 1 amide bonds. The van der Waals surface area contributed by atoms with Crippen LogP contribution in [0.5, 0.6) is 5.75 Å². The average Bonchev–Trinajstić information content (AvgIpc) is 3.17. The van der Waals surface area contributed by atoms with Crippen LogP contribution >= 0.6 is 23.4 Å². The van der Waals surface area contributed by atoms with Gasteiger partial charge in [-0.25, -0.2) is 4.79 Å². The van der Waals surface area contributed by atoms with Crippen molar-refractivity contribution in [3.05, 3.63) is 77.6 Å². The number of carbonyl (C=O) groups is 2. The van der Waals surface area contributed by atoms with Gasteiger partial charge in [0.2, 0.25) is 5.91 Å². The molecule has 32 heavy (non-hydrogen) atoms. The molecule has 3 rings (SSSR count). The molecular formula is C22H21ClN4O4S. The van der Waals surface area contributed by atoms with E-state index in [0.29, 0.717) is 34.0 Å². The van der Waals surface area contributed by atoms with Crippen LogP contribution in [0.3, 0.4) is 0 Å². The predicted molar refractivity (Wildman–Crippen MR) is 123 cm³/mol. The van der Waals surface area contributed by atoms with Crippen LogP contribution in [0, 0.1) is 0 Å². The number of halogens is 1. The molecule has 1 unspecified atom stereocenters. The highest BCUT2D eigenvalue weighted by Crippen LogP contribution is 2.29. The number of aromatic carboxylic acids is 1. The molecular weight excluding hydrogens is 452 g/mol. The molecule has 0 aliphatic carbocycles. The smallest absolute Gasteiger partial charge is 0.335 e. The molecule has 0 saturated heterocycles. The Morgan fingerprint density at radius 3 is 2.78 bits per heavy atom. The number of carboxylic acids is 1. The summed E-state index contributed by atoms with van der Waals surface area (Å²) in [5, 5.41) is 21.2. The number of hydrogen-bond acceptors (Lipinski definition) is 6. The van der Waals surface area contributed by atoms with Gasteiger partial charge >= 0.3 is 5.97 Å². The number of rotatable bonds is 10. The summed E-state index contributed by atoms with van der Waals surface area (Å²) in [6, 6.07) is 13.2. The first-order valence-electron chi connectivity index (χ1n) is 9.60. The van der Waals surface area contributed by atoms with Crippen LogP contribution in [0.1, 0.15) is 29.2 Å². The van der Waals surface area contributed by atoms with Gasteiger partial charge in [0.05, 0.1) is 16.3 Å². The molecule has 1 atom stereocenters. The Morgan fingerprint density at radius 2 is 2.06 bits per heavy atom. The number of hydrogen-bond donors (Lipinski definition) is 2. The number of allylic oxidation sites excluding steroid dienone is 1. The minimum absolute atomic E-state index is 0.0618. The highest BCUT2D eigenvalue weighted by molar-refractivity contribution is 7.99. The van der Waals surface area contributed by atoms with E-state index < -0.39 is 12.1 Å². The summed E-state index contributed by atoms with van der Waals surface area (Å²) in [6.45, 7) is 6.04. The van der Waals surface area contributed by atoms with E-state index in [9.17, 15) is 9.59 Å².